The Bertz CT molecular complexity index is 570. The molecule has 2 rings (SSSR count). The van der Waals surface area contributed by atoms with Crippen LogP contribution in [0.5, 0.6) is 0 Å². The molecule has 0 saturated carbocycles. The summed E-state index contributed by atoms with van der Waals surface area (Å²) < 4.78 is 0. The fourth-order valence-electron chi connectivity index (χ4n) is 1.81. The molecule has 1 aliphatic heterocycles. The van der Waals surface area contributed by atoms with Crippen LogP contribution in [0.1, 0.15) is 26.3 Å². The van der Waals surface area contributed by atoms with Gasteiger partial charge >= 0.3 is 0 Å². The summed E-state index contributed by atoms with van der Waals surface area (Å²) in [4.78, 5) is 18.7. The largest absolute Gasteiger partial charge is 0.296 e. The number of hydrogen-bond donors (Lipinski definition) is 0. The molecule has 0 unspecified atom stereocenters. The molecule has 0 aliphatic carbocycles. The van der Waals surface area contributed by atoms with Crippen LogP contribution in [-0.4, -0.2) is 11.6 Å². The molecule has 0 saturated heterocycles. The second kappa shape index (κ2) is 3.37. The minimum Gasteiger partial charge on any atom is -0.259 e. The Morgan fingerprint density at radius 3 is 2.44 bits per heavy atom. The number of benzene rings is 1. The van der Waals surface area contributed by atoms with Crippen molar-refractivity contribution < 1.29 is 4.92 Å². The van der Waals surface area contributed by atoms with E-state index in [4.69, 9.17) is 0 Å². The van der Waals surface area contributed by atoms with Gasteiger partial charge in [-0.3, -0.25) is 20.1 Å². The number of hydrogen-bond acceptors (Lipinski definition) is 4. The van der Waals surface area contributed by atoms with Crippen molar-refractivity contribution in [1.29, 1.82) is 0 Å². The Kier molecular flexibility index (Phi) is 2.26. The molecule has 0 spiro atoms. The van der Waals surface area contributed by atoms with E-state index in [1.165, 1.54) is 6.07 Å². The summed E-state index contributed by atoms with van der Waals surface area (Å²) in [5.74, 6) is 0. The van der Waals surface area contributed by atoms with E-state index in [9.17, 15) is 10.1 Å². The van der Waals surface area contributed by atoms with E-state index in [2.05, 4.69) is 30.8 Å². The summed E-state index contributed by atoms with van der Waals surface area (Å²) in [5.41, 5.74) is 0.973. The maximum absolute atomic E-state index is 10.8. The number of non-ortho nitro benzene ring substituents is 1. The smallest absolute Gasteiger partial charge is 0.259 e. The van der Waals surface area contributed by atoms with Crippen molar-refractivity contribution in [2.45, 2.75) is 26.2 Å². The molecule has 0 radical (unpaired) electrons. The summed E-state index contributed by atoms with van der Waals surface area (Å²) in [6.45, 7) is 6.47. The number of nitrogens with zero attached hydrogens (tertiary/aromatic N) is 3. The van der Waals surface area contributed by atoms with Gasteiger partial charge in [0.05, 0.1) is 10.3 Å². The van der Waals surface area contributed by atoms with E-state index in [0.717, 1.165) is 5.56 Å². The van der Waals surface area contributed by atoms with Gasteiger partial charge in [0.25, 0.3) is 5.69 Å². The molecular formula is C11H13N3O2. The maximum Gasteiger partial charge on any atom is 0.296 e. The third-order valence-corrected chi connectivity index (χ3v) is 2.59. The van der Waals surface area contributed by atoms with Crippen molar-refractivity contribution in [3.63, 3.8) is 0 Å². The zero-order valence-corrected chi connectivity index (χ0v) is 9.52. The summed E-state index contributed by atoms with van der Waals surface area (Å²) in [7, 11) is 0. The number of nitro benzene ring substituents is 1. The van der Waals surface area contributed by atoms with Crippen LogP contribution in [0.4, 0.5) is 5.69 Å². The van der Waals surface area contributed by atoms with E-state index < -0.39 is 4.92 Å². The molecule has 1 aromatic carbocycles. The predicted octanol–water partition coefficient (Wildman–Crippen LogP) is 1.10. The highest BCUT2D eigenvalue weighted by Gasteiger charge is 2.22. The normalized spacial score (nSPS) is 13.9. The van der Waals surface area contributed by atoms with Crippen molar-refractivity contribution >= 4 is 5.69 Å². The van der Waals surface area contributed by atoms with Gasteiger partial charge in [-0.2, -0.15) is 0 Å². The molecule has 1 aromatic rings. The van der Waals surface area contributed by atoms with Crippen LogP contribution in [0.3, 0.4) is 0 Å². The lowest BCUT2D eigenvalue weighted by molar-refractivity contribution is -0.386. The topological polar surface area (TPSA) is 67.9 Å². The standard InChI is InChI=1S/C11H13N3O2/c1-11(2,3)7-4-5-8(14(15)16)10-9(7)12-6-13-10/h4-5H,6H2,1-3H3. The highest BCUT2D eigenvalue weighted by molar-refractivity contribution is 5.35. The highest BCUT2D eigenvalue weighted by Crippen LogP contribution is 2.19. The molecule has 84 valence electrons. The van der Waals surface area contributed by atoms with E-state index >= 15 is 0 Å². The number of rotatable bonds is 1. The fourth-order valence-corrected chi connectivity index (χ4v) is 1.81. The van der Waals surface area contributed by atoms with Crippen molar-refractivity contribution in [3.05, 3.63) is 38.5 Å². The maximum atomic E-state index is 10.8. The zero-order chi connectivity index (χ0) is 11.9. The predicted molar refractivity (Wildman–Crippen MR) is 59.0 cm³/mol. The third kappa shape index (κ3) is 1.58. The molecule has 0 aromatic heterocycles. The van der Waals surface area contributed by atoms with E-state index in [0.29, 0.717) is 17.4 Å². The van der Waals surface area contributed by atoms with Gasteiger partial charge < -0.3 is 0 Å². The van der Waals surface area contributed by atoms with Gasteiger partial charge in [-0.25, -0.2) is 0 Å². The summed E-state index contributed by atoms with van der Waals surface area (Å²) in [5, 5.41) is 11.9. The molecule has 1 heterocycles. The number of fused-ring (bicyclic) bond motifs is 1. The van der Waals surface area contributed by atoms with Crippen LogP contribution in [0.25, 0.3) is 0 Å². The molecule has 0 atom stereocenters. The molecule has 5 heteroatoms. The van der Waals surface area contributed by atoms with Gasteiger partial charge in [-0.05, 0) is 17.0 Å². The molecule has 5 nitrogen and oxygen atoms in total. The highest BCUT2D eigenvalue weighted by atomic mass is 16.6. The molecular weight excluding hydrogens is 206 g/mol. The summed E-state index contributed by atoms with van der Waals surface area (Å²) in [6.07, 6.45) is 0. The lowest BCUT2D eigenvalue weighted by atomic mass is 9.86. The average Bonchev–Trinajstić information content (AvgIpc) is 2.61. The quantitative estimate of drug-likeness (QED) is 0.524. The van der Waals surface area contributed by atoms with Crippen LogP contribution >= 0.6 is 0 Å². The number of nitro groups is 1. The van der Waals surface area contributed by atoms with E-state index in [-0.39, 0.29) is 11.1 Å². The van der Waals surface area contributed by atoms with Gasteiger partial charge in [0.15, 0.2) is 5.36 Å². The monoisotopic (exact) mass is 219 g/mol. The van der Waals surface area contributed by atoms with Crippen molar-refractivity contribution in [2.75, 3.05) is 6.67 Å². The molecule has 0 bridgehead atoms. The zero-order valence-electron chi connectivity index (χ0n) is 9.52. The molecule has 1 aliphatic rings. The summed E-state index contributed by atoms with van der Waals surface area (Å²) in [6, 6.07) is 3.30. The van der Waals surface area contributed by atoms with Crippen molar-refractivity contribution in [2.24, 2.45) is 9.98 Å². The van der Waals surface area contributed by atoms with Crippen LogP contribution in [0, 0.1) is 10.1 Å². The Labute approximate surface area is 92.7 Å². The van der Waals surface area contributed by atoms with Crippen molar-refractivity contribution in [3.8, 4) is 0 Å². The van der Waals surface area contributed by atoms with Crippen molar-refractivity contribution in [1.82, 2.24) is 0 Å². The van der Waals surface area contributed by atoms with Gasteiger partial charge in [-0.15, -0.1) is 0 Å². The van der Waals surface area contributed by atoms with Gasteiger partial charge in [-0.1, -0.05) is 20.8 Å². The van der Waals surface area contributed by atoms with Crippen LogP contribution < -0.4 is 10.7 Å². The first kappa shape index (κ1) is 10.7. The second-order valence-electron chi connectivity index (χ2n) is 4.79. The lowest BCUT2D eigenvalue weighted by Gasteiger charge is -2.18. The van der Waals surface area contributed by atoms with Crippen LogP contribution in [0.2, 0.25) is 0 Å². The van der Waals surface area contributed by atoms with Gasteiger partial charge in [0, 0.05) is 6.07 Å². The first-order valence-corrected chi connectivity index (χ1v) is 5.08. The Balaban J connectivity index is 2.80. The first-order chi connectivity index (χ1) is 7.41. The second-order valence-corrected chi connectivity index (χ2v) is 4.79. The molecule has 0 fully saturated rings. The third-order valence-electron chi connectivity index (χ3n) is 2.59. The Morgan fingerprint density at radius 1 is 1.25 bits per heavy atom. The van der Waals surface area contributed by atoms with E-state index in [1.54, 1.807) is 6.07 Å². The van der Waals surface area contributed by atoms with E-state index in [1.807, 2.05) is 0 Å². The minimum absolute atomic E-state index is 0.0456. The summed E-state index contributed by atoms with van der Waals surface area (Å²) >= 11 is 0. The Morgan fingerprint density at radius 2 is 1.88 bits per heavy atom. The lowest BCUT2D eigenvalue weighted by Crippen LogP contribution is -2.34. The average molecular weight is 219 g/mol. The Hall–Kier alpha value is -1.78. The van der Waals surface area contributed by atoms with Gasteiger partial charge in [0.2, 0.25) is 0 Å². The molecule has 16 heavy (non-hydrogen) atoms. The fraction of sp³-hybridized carbons (Fsp3) is 0.455. The minimum atomic E-state index is -0.407. The SMILES string of the molecule is CC(C)(C)c1ccc([N+](=O)[O-])c2c1=NCN=2. The molecule has 0 N–H and O–H groups in total. The molecule has 0 amide bonds. The van der Waals surface area contributed by atoms with Gasteiger partial charge in [0.1, 0.15) is 6.67 Å². The first-order valence-electron chi connectivity index (χ1n) is 5.08. The van der Waals surface area contributed by atoms with Crippen LogP contribution in [-0.2, 0) is 5.41 Å². The van der Waals surface area contributed by atoms with Crippen LogP contribution in [0.15, 0.2) is 22.1 Å².